The van der Waals surface area contributed by atoms with Crippen molar-refractivity contribution in [2.45, 2.75) is 32.4 Å². The minimum Gasteiger partial charge on any atom is -0.318 e. The molecular weight excluding hydrogens is 206 g/mol. The molecule has 3 nitrogen and oxygen atoms in total. The molecule has 0 radical (unpaired) electrons. The van der Waals surface area contributed by atoms with Crippen LogP contribution in [-0.4, -0.2) is 55.1 Å². The van der Waals surface area contributed by atoms with Gasteiger partial charge in [0.25, 0.3) is 0 Å². The van der Waals surface area contributed by atoms with E-state index in [2.05, 4.69) is 29.4 Å². The molecule has 0 saturated carbocycles. The van der Waals surface area contributed by atoms with Gasteiger partial charge in [-0.2, -0.15) is 0 Å². The second-order valence-corrected chi connectivity index (χ2v) is 5.09. The molecule has 1 rings (SSSR count). The fourth-order valence-corrected chi connectivity index (χ4v) is 2.19. The minimum absolute atomic E-state index is 0.566. The van der Waals surface area contributed by atoms with Gasteiger partial charge in [0.2, 0.25) is 0 Å². The third-order valence-corrected chi connectivity index (χ3v) is 3.21. The SMILES string of the molecule is CNCCN(CC1CC(=S)CN1)C(C)C. The van der Waals surface area contributed by atoms with Gasteiger partial charge in [-0.25, -0.2) is 0 Å². The van der Waals surface area contributed by atoms with Crippen LogP contribution in [0.4, 0.5) is 0 Å². The van der Waals surface area contributed by atoms with Crippen molar-refractivity contribution in [3.63, 3.8) is 0 Å². The predicted molar refractivity (Wildman–Crippen MR) is 69.6 cm³/mol. The third-order valence-electron chi connectivity index (χ3n) is 2.90. The summed E-state index contributed by atoms with van der Waals surface area (Å²) in [5.41, 5.74) is 0. The van der Waals surface area contributed by atoms with Crippen molar-refractivity contribution in [2.75, 3.05) is 33.2 Å². The van der Waals surface area contributed by atoms with Crippen LogP contribution >= 0.6 is 12.2 Å². The largest absolute Gasteiger partial charge is 0.318 e. The van der Waals surface area contributed by atoms with Crippen LogP contribution in [0.5, 0.6) is 0 Å². The summed E-state index contributed by atoms with van der Waals surface area (Å²) in [4.78, 5) is 3.68. The van der Waals surface area contributed by atoms with Crippen molar-refractivity contribution in [2.24, 2.45) is 0 Å². The molecule has 4 heteroatoms. The van der Waals surface area contributed by atoms with Crippen molar-refractivity contribution in [3.8, 4) is 0 Å². The number of nitrogens with one attached hydrogen (secondary N) is 2. The highest BCUT2D eigenvalue weighted by atomic mass is 32.1. The molecule has 1 fully saturated rings. The average Bonchev–Trinajstić information content (AvgIpc) is 2.58. The normalized spacial score (nSPS) is 21.9. The number of nitrogens with zero attached hydrogens (tertiary/aromatic N) is 1. The van der Waals surface area contributed by atoms with E-state index in [0.29, 0.717) is 12.1 Å². The lowest BCUT2D eigenvalue weighted by atomic mass is 10.2. The molecule has 1 atom stereocenters. The topological polar surface area (TPSA) is 27.3 Å². The lowest BCUT2D eigenvalue weighted by Crippen LogP contribution is -2.43. The van der Waals surface area contributed by atoms with Gasteiger partial charge in [0.15, 0.2) is 0 Å². The second-order valence-electron chi connectivity index (χ2n) is 4.51. The molecule has 0 amide bonds. The van der Waals surface area contributed by atoms with E-state index < -0.39 is 0 Å². The van der Waals surface area contributed by atoms with Gasteiger partial charge in [0.05, 0.1) is 0 Å². The first kappa shape index (κ1) is 13.0. The van der Waals surface area contributed by atoms with Crippen LogP contribution in [0.1, 0.15) is 20.3 Å². The second kappa shape index (κ2) is 6.53. The Morgan fingerprint density at radius 2 is 2.33 bits per heavy atom. The van der Waals surface area contributed by atoms with E-state index in [9.17, 15) is 0 Å². The van der Waals surface area contributed by atoms with Gasteiger partial charge < -0.3 is 10.6 Å². The quantitative estimate of drug-likeness (QED) is 0.654. The van der Waals surface area contributed by atoms with E-state index in [1.165, 1.54) is 4.86 Å². The average molecular weight is 229 g/mol. The molecule has 0 aromatic carbocycles. The molecule has 2 N–H and O–H groups in total. The molecule has 1 aliphatic rings. The van der Waals surface area contributed by atoms with Gasteiger partial charge in [0, 0.05) is 43.1 Å². The highest BCUT2D eigenvalue weighted by molar-refractivity contribution is 7.80. The van der Waals surface area contributed by atoms with E-state index in [1.54, 1.807) is 0 Å². The molecule has 0 bridgehead atoms. The monoisotopic (exact) mass is 229 g/mol. The highest BCUT2D eigenvalue weighted by Gasteiger charge is 2.21. The van der Waals surface area contributed by atoms with E-state index in [0.717, 1.165) is 32.6 Å². The van der Waals surface area contributed by atoms with Crippen LogP contribution in [0, 0.1) is 0 Å². The first-order chi connectivity index (χ1) is 7.13. The number of likely N-dealkylation sites (N-methyl/N-ethyl adjacent to an activating group) is 1. The smallest absolute Gasteiger partial charge is 0.0273 e. The summed E-state index contributed by atoms with van der Waals surface area (Å²) >= 11 is 5.21. The summed E-state index contributed by atoms with van der Waals surface area (Å²) in [5, 5.41) is 6.66. The van der Waals surface area contributed by atoms with E-state index in [-0.39, 0.29) is 0 Å². The van der Waals surface area contributed by atoms with Crippen molar-refractivity contribution in [1.29, 1.82) is 0 Å². The Hall–Kier alpha value is -0.0300. The number of hydrogen-bond donors (Lipinski definition) is 2. The standard InChI is InChI=1S/C11H23N3S/c1-9(2)14(5-4-12-3)8-10-6-11(15)7-13-10/h9-10,12-13H,4-8H2,1-3H3. The lowest BCUT2D eigenvalue weighted by Gasteiger charge is -2.29. The summed E-state index contributed by atoms with van der Waals surface area (Å²) in [6.45, 7) is 8.71. The van der Waals surface area contributed by atoms with Gasteiger partial charge in [-0.15, -0.1) is 0 Å². The molecule has 0 aliphatic carbocycles. The van der Waals surface area contributed by atoms with Crippen LogP contribution in [-0.2, 0) is 0 Å². The summed E-state index contributed by atoms with van der Waals surface area (Å²) in [6.07, 6.45) is 1.07. The Labute approximate surface area is 98.6 Å². The minimum atomic E-state index is 0.566. The van der Waals surface area contributed by atoms with Crippen LogP contribution in [0.2, 0.25) is 0 Å². The van der Waals surface area contributed by atoms with Crippen LogP contribution < -0.4 is 10.6 Å². The van der Waals surface area contributed by atoms with Crippen molar-refractivity contribution < 1.29 is 0 Å². The zero-order valence-corrected chi connectivity index (χ0v) is 10.9. The van der Waals surface area contributed by atoms with Crippen LogP contribution in [0.3, 0.4) is 0 Å². The summed E-state index contributed by atoms with van der Waals surface area (Å²) < 4.78 is 0. The molecule has 0 spiro atoms. The predicted octanol–water partition coefficient (Wildman–Crippen LogP) is 0.648. The molecule has 0 aromatic rings. The molecule has 0 aromatic heterocycles. The molecule has 1 aliphatic heterocycles. The molecule has 15 heavy (non-hydrogen) atoms. The fourth-order valence-electron chi connectivity index (χ4n) is 1.91. The maximum Gasteiger partial charge on any atom is 0.0273 e. The van der Waals surface area contributed by atoms with Crippen molar-refractivity contribution in [3.05, 3.63) is 0 Å². The highest BCUT2D eigenvalue weighted by Crippen LogP contribution is 2.07. The zero-order chi connectivity index (χ0) is 11.3. The summed E-state index contributed by atoms with van der Waals surface area (Å²) in [7, 11) is 2.00. The summed E-state index contributed by atoms with van der Waals surface area (Å²) in [5.74, 6) is 0. The first-order valence-electron chi connectivity index (χ1n) is 5.77. The Morgan fingerprint density at radius 3 is 2.80 bits per heavy atom. The Balaban J connectivity index is 2.33. The Bertz CT molecular complexity index is 206. The van der Waals surface area contributed by atoms with E-state index in [1.807, 2.05) is 7.05 Å². The Morgan fingerprint density at radius 1 is 1.60 bits per heavy atom. The van der Waals surface area contributed by atoms with Crippen LogP contribution in [0.15, 0.2) is 0 Å². The maximum absolute atomic E-state index is 5.21. The van der Waals surface area contributed by atoms with Crippen LogP contribution in [0.25, 0.3) is 0 Å². The van der Waals surface area contributed by atoms with Crippen molar-refractivity contribution in [1.82, 2.24) is 15.5 Å². The van der Waals surface area contributed by atoms with Gasteiger partial charge in [-0.1, -0.05) is 12.2 Å². The van der Waals surface area contributed by atoms with Gasteiger partial charge >= 0.3 is 0 Å². The first-order valence-corrected chi connectivity index (χ1v) is 6.18. The molecule has 1 unspecified atom stereocenters. The molecular formula is C11H23N3S. The summed E-state index contributed by atoms with van der Waals surface area (Å²) in [6, 6.07) is 1.17. The molecule has 1 saturated heterocycles. The molecule has 88 valence electrons. The number of hydrogen-bond acceptors (Lipinski definition) is 4. The third kappa shape index (κ3) is 4.55. The van der Waals surface area contributed by atoms with Gasteiger partial charge in [-0.05, 0) is 27.3 Å². The zero-order valence-electron chi connectivity index (χ0n) is 10.0. The van der Waals surface area contributed by atoms with Crippen molar-refractivity contribution >= 4 is 17.1 Å². The van der Waals surface area contributed by atoms with E-state index in [4.69, 9.17) is 12.2 Å². The fraction of sp³-hybridized carbons (Fsp3) is 0.909. The number of rotatable bonds is 6. The lowest BCUT2D eigenvalue weighted by molar-refractivity contribution is 0.205. The number of thiocarbonyl (C=S) groups is 1. The maximum atomic E-state index is 5.21. The van der Waals surface area contributed by atoms with Gasteiger partial charge in [-0.3, -0.25) is 4.90 Å². The Kier molecular flexibility index (Phi) is 5.68. The van der Waals surface area contributed by atoms with E-state index >= 15 is 0 Å². The van der Waals surface area contributed by atoms with Gasteiger partial charge in [0.1, 0.15) is 0 Å². The molecule has 1 heterocycles.